The number of allylic oxidation sites excluding steroid dienone is 1. The smallest absolute Gasteiger partial charge is 0.407 e. The third-order valence-corrected chi connectivity index (χ3v) is 12.8. The van der Waals surface area contributed by atoms with Gasteiger partial charge in [-0.2, -0.15) is 0 Å². The molecule has 0 unspecified atom stereocenters. The Morgan fingerprint density at radius 3 is 2.58 bits per heavy atom. The Balaban J connectivity index is 1.34. The highest BCUT2D eigenvalue weighted by atomic mass is 16.6. The van der Waals surface area contributed by atoms with Crippen LogP contribution in [0, 0.1) is 52.3 Å². The summed E-state index contributed by atoms with van der Waals surface area (Å²) in [5, 5.41) is 11.9. The van der Waals surface area contributed by atoms with Crippen LogP contribution < -0.4 is 5.32 Å². The normalized spacial score (nSPS) is 36.9. The van der Waals surface area contributed by atoms with E-state index in [1.807, 2.05) is 11.9 Å². The van der Waals surface area contributed by atoms with E-state index in [1.165, 1.54) is 51.4 Å². The van der Waals surface area contributed by atoms with Crippen LogP contribution in [0.1, 0.15) is 112 Å². The molecule has 0 aromatic heterocycles. The Morgan fingerprint density at radius 1 is 1.10 bits per heavy atom. The van der Waals surface area contributed by atoms with E-state index >= 15 is 0 Å². The minimum absolute atomic E-state index is 0.00519. The Kier molecular flexibility index (Phi) is 10.7. The van der Waals surface area contributed by atoms with E-state index in [1.54, 1.807) is 5.57 Å². The van der Waals surface area contributed by atoms with E-state index in [9.17, 15) is 4.79 Å². The first-order valence-corrected chi connectivity index (χ1v) is 17.0. The molecule has 0 aromatic carbocycles. The van der Waals surface area contributed by atoms with Crippen molar-refractivity contribution in [3.05, 3.63) is 11.6 Å². The first-order valence-electron chi connectivity index (χ1n) is 17.0. The molecule has 5 nitrogen and oxygen atoms in total. The fourth-order valence-corrected chi connectivity index (χ4v) is 10.2. The maximum absolute atomic E-state index is 12.5. The summed E-state index contributed by atoms with van der Waals surface area (Å²) >= 11 is 0. The van der Waals surface area contributed by atoms with E-state index in [4.69, 9.17) is 9.84 Å². The second kappa shape index (κ2) is 13.5. The molecule has 5 heteroatoms. The summed E-state index contributed by atoms with van der Waals surface area (Å²) in [5.41, 5.74) is 2.38. The molecule has 3 fully saturated rings. The van der Waals surface area contributed by atoms with Gasteiger partial charge in [0.1, 0.15) is 6.10 Å². The zero-order chi connectivity index (χ0) is 29.1. The lowest BCUT2D eigenvalue weighted by Gasteiger charge is -2.58. The summed E-state index contributed by atoms with van der Waals surface area (Å²) in [6.07, 6.45) is 16.4. The SMILES string of the molecule is CC[C@H](CC[C@@H](C)[C@H]1CC[C@H]2[C@@H]3CC=C4C[C@@H](OC(=O)NCCN(C)CCO)CC[C@]4(C)[C@H]3CC[C@]12C)C(C)C. The Bertz CT molecular complexity index is 873. The topological polar surface area (TPSA) is 61.8 Å². The number of aliphatic hydroxyl groups is 1. The van der Waals surface area contributed by atoms with Crippen LogP contribution in [0.15, 0.2) is 11.6 Å². The number of carbonyl (C=O) groups excluding carboxylic acids is 1. The number of ether oxygens (including phenoxy) is 1. The molecule has 0 radical (unpaired) electrons. The molecule has 4 aliphatic rings. The van der Waals surface area contributed by atoms with E-state index in [2.05, 4.69) is 52.9 Å². The van der Waals surface area contributed by atoms with Crippen LogP contribution in [0.2, 0.25) is 0 Å². The largest absolute Gasteiger partial charge is 0.446 e. The second-order valence-corrected chi connectivity index (χ2v) is 15.2. The predicted molar refractivity (Wildman–Crippen MR) is 165 cm³/mol. The van der Waals surface area contributed by atoms with Gasteiger partial charge in [0.2, 0.25) is 0 Å². The van der Waals surface area contributed by atoms with Gasteiger partial charge in [0, 0.05) is 26.1 Å². The van der Waals surface area contributed by atoms with Crippen molar-refractivity contribution in [3.63, 3.8) is 0 Å². The summed E-state index contributed by atoms with van der Waals surface area (Å²) < 4.78 is 5.89. The number of fused-ring (bicyclic) bond motifs is 5. The molecular weight excluding hydrogens is 496 g/mol. The van der Waals surface area contributed by atoms with Crippen LogP contribution in [0.5, 0.6) is 0 Å². The Morgan fingerprint density at radius 2 is 1.88 bits per heavy atom. The van der Waals surface area contributed by atoms with Crippen molar-refractivity contribution in [2.75, 3.05) is 33.3 Å². The predicted octanol–water partition coefficient (Wildman–Crippen LogP) is 7.68. The van der Waals surface area contributed by atoms with Crippen molar-refractivity contribution < 1.29 is 14.6 Å². The third kappa shape index (κ3) is 6.61. The maximum atomic E-state index is 12.5. The molecule has 0 spiro atoms. The summed E-state index contributed by atoms with van der Waals surface area (Å²) in [5.74, 6) is 5.94. The summed E-state index contributed by atoms with van der Waals surface area (Å²) in [6.45, 7) is 17.0. The first kappa shape index (κ1) is 31.9. The minimum atomic E-state index is -0.293. The molecule has 2 N–H and O–H groups in total. The zero-order valence-electron chi connectivity index (χ0n) is 27.0. The zero-order valence-corrected chi connectivity index (χ0v) is 27.0. The maximum Gasteiger partial charge on any atom is 0.407 e. The highest BCUT2D eigenvalue weighted by Gasteiger charge is 2.59. The molecule has 9 atom stereocenters. The number of hydrogen-bond acceptors (Lipinski definition) is 4. The third-order valence-electron chi connectivity index (χ3n) is 12.8. The summed E-state index contributed by atoms with van der Waals surface area (Å²) in [7, 11) is 1.95. The molecule has 0 aliphatic heterocycles. The Hall–Kier alpha value is -1.07. The lowest BCUT2D eigenvalue weighted by atomic mass is 9.47. The van der Waals surface area contributed by atoms with Gasteiger partial charge in [-0.1, -0.05) is 66.0 Å². The lowest BCUT2D eigenvalue weighted by Crippen LogP contribution is -2.51. The van der Waals surface area contributed by atoms with Crippen LogP contribution in [-0.2, 0) is 4.74 Å². The number of nitrogens with one attached hydrogen (secondary N) is 1. The van der Waals surface area contributed by atoms with E-state index in [0.717, 1.165) is 60.7 Å². The first-order chi connectivity index (χ1) is 19.0. The van der Waals surface area contributed by atoms with Crippen molar-refractivity contribution in [1.29, 1.82) is 0 Å². The van der Waals surface area contributed by atoms with Crippen molar-refractivity contribution >= 4 is 6.09 Å². The number of rotatable bonds is 12. The number of nitrogens with zero attached hydrogens (tertiary/aromatic N) is 1. The number of hydrogen-bond donors (Lipinski definition) is 2. The average molecular weight is 559 g/mol. The number of amides is 1. The van der Waals surface area contributed by atoms with Crippen LogP contribution in [0.3, 0.4) is 0 Å². The van der Waals surface area contributed by atoms with Gasteiger partial charge >= 0.3 is 6.09 Å². The summed E-state index contributed by atoms with van der Waals surface area (Å²) in [4.78, 5) is 14.5. The second-order valence-electron chi connectivity index (χ2n) is 15.2. The summed E-state index contributed by atoms with van der Waals surface area (Å²) in [6, 6.07) is 0. The van der Waals surface area contributed by atoms with Gasteiger partial charge in [-0.15, -0.1) is 0 Å². The number of carbonyl (C=O) groups is 1. The molecule has 0 aromatic rings. The van der Waals surface area contributed by atoms with Gasteiger partial charge in [0.05, 0.1) is 6.61 Å². The van der Waals surface area contributed by atoms with Crippen LogP contribution in [-0.4, -0.2) is 55.5 Å². The van der Waals surface area contributed by atoms with Gasteiger partial charge < -0.3 is 20.1 Å². The molecule has 4 rings (SSSR count). The Labute approximate surface area is 246 Å². The number of aliphatic hydroxyl groups excluding tert-OH is 1. The molecule has 3 saturated carbocycles. The monoisotopic (exact) mass is 558 g/mol. The van der Waals surface area contributed by atoms with Gasteiger partial charge in [-0.05, 0) is 111 Å². The van der Waals surface area contributed by atoms with Crippen molar-refractivity contribution in [1.82, 2.24) is 10.2 Å². The van der Waals surface area contributed by atoms with Crippen molar-refractivity contribution in [3.8, 4) is 0 Å². The highest BCUT2D eigenvalue weighted by molar-refractivity contribution is 5.67. The average Bonchev–Trinajstić information content (AvgIpc) is 3.26. The lowest BCUT2D eigenvalue weighted by molar-refractivity contribution is -0.0583. The van der Waals surface area contributed by atoms with Crippen LogP contribution in [0.25, 0.3) is 0 Å². The highest BCUT2D eigenvalue weighted by Crippen LogP contribution is 2.67. The fourth-order valence-electron chi connectivity index (χ4n) is 10.2. The molecule has 0 bridgehead atoms. The molecule has 1 amide bonds. The molecule has 0 saturated heterocycles. The van der Waals surface area contributed by atoms with Crippen LogP contribution >= 0.6 is 0 Å². The van der Waals surface area contributed by atoms with E-state index in [0.29, 0.717) is 25.0 Å². The number of alkyl carbamates (subject to hydrolysis) is 1. The van der Waals surface area contributed by atoms with Crippen molar-refractivity contribution in [2.45, 2.75) is 118 Å². The molecular formula is C35H62N2O3. The van der Waals surface area contributed by atoms with Gasteiger partial charge in [-0.25, -0.2) is 4.79 Å². The quantitative estimate of drug-likeness (QED) is 0.241. The number of likely N-dealkylation sites (N-methyl/N-ethyl adjacent to an activating group) is 1. The van der Waals surface area contributed by atoms with Gasteiger partial charge in [0.15, 0.2) is 0 Å². The standard InChI is InChI=1S/C35H62N2O3/c1-8-26(24(2)3)10-9-25(4)30-13-14-31-29-12-11-27-23-28(40-33(39)36-19-20-37(7)21-22-38)15-17-34(27,5)32(29)16-18-35(30,31)6/h11,24-26,28-32,38H,8-10,12-23H2,1-7H3,(H,36,39)/t25-,26-,28+,29+,30-,31+,32+,34+,35-/m1/s1. The molecule has 40 heavy (non-hydrogen) atoms. The minimum Gasteiger partial charge on any atom is -0.446 e. The molecule has 230 valence electrons. The van der Waals surface area contributed by atoms with Crippen LogP contribution in [0.4, 0.5) is 4.79 Å². The fraction of sp³-hybridized carbons (Fsp3) is 0.914. The molecule has 0 heterocycles. The molecule has 4 aliphatic carbocycles. The van der Waals surface area contributed by atoms with E-state index < -0.39 is 0 Å². The van der Waals surface area contributed by atoms with Crippen molar-refractivity contribution in [2.24, 2.45) is 52.3 Å². The van der Waals surface area contributed by atoms with E-state index in [-0.39, 0.29) is 24.2 Å². The van der Waals surface area contributed by atoms with Gasteiger partial charge in [-0.3, -0.25) is 0 Å². The van der Waals surface area contributed by atoms with Gasteiger partial charge in [0.25, 0.3) is 0 Å².